The van der Waals surface area contributed by atoms with Crippen LogP contribution in [0, 0.1) is 5.41 Å². The lowest BCUT2D eigenvalue weighted by molar-refractivity contribution is -0.126. The highest BCUT2D eigenvalue weighted by Gasteiger charge is 2.33. The molecule has 1 atom stereocenters. The number of rotatable bonds is 8. The Balaban J connectivity index is 2.25. The van der Waals surface area contributed by atoms with Gasteiger partial charge >= 0.3 is 0 Å². The van der Waals surface area contributed by atoms with Crippen LogP contribution in [0.1, 0.15) is 33.1 Å². The van der Waals surface area contributed by atoms with E-state index in [4.69, 9.17) is 18.0 Å². The van der Waals surface area contributed by atoms with Crippen LogP contribution in [0.3, 0.4) is 0 Å². The SMILES string of the molecule is CCC(C)(C(=O)NCCCCn1ccnc1)C(N)=S. The summed E-state index contributed by atoms with van der Waals surface area (Å²) in [5.41, 5.74) is 4.90. The van der Waals surface area contributed by atoms with Gasteiger partial charge in [0.15, 0.2) is 0 Å². The molecule has 0 aliphatic rings. The molecule has 0 saturated carbocycles. The van der Waals surface area contributed by atoms with Crippen LogP contribution in [0.4, 0.5) is 0 Å². The second-order valence-corrected chi connectivity index (χ2v) is 5.25. The number of carbonyl (C=O) groups is 1. The number of hydrogen-bond acceptors (Lipinski definition) is 3. The van der Waals surface area contributed by atoms with Gasteiger partial charge in [0.2, 0.25) is 5.91 Å². The van der Waals surface area contributed by atoms with Gasteiger partial charge in [-0.3, -0.25) is 4.79 Å². The minimum Gasteiger partial charge on any atom is -0.392 e. The van der Waals surface area contributed by atoms with E-state index in [-0.39, 0.29) is 10.9 Å². The number of amides is 1. The van der Waals surface area contributed by atoms with Crippen molar-refractivity contribution in [1.29, 1.82) is 0 Å². The molecule has 1 heterocycles. The summed E-state index contributed by atoms with van der Waals surface area (Å²) in [5.74, 6) is -0.0786. The monoisotopic (exact) mass is 282 g/mol. The fourth-order valence-electron chi connectivity index (χ4n) is 1.68. The van der Waals surface area contributed by atoms with Gasteiger partial charge in [-0.25, -0.2) is 4.98 Å². The number of hydrogen-bond donors (Lipinski definition) is 2. The first-order valence-corrected chi connectivity index (χ1v) is 6.95. The van der Waals surface area contributed by atoms with Crippen molar-refractivity contribution in [1.82, 2.24) is 14.9 Å². The predicted molar refractivity (Wildman–Crippen MR) is 79.7 cm³/mol. The average Bonchev–Trinajstić information content (AvgIpc) is 2.89. The van der Waals surface area contributed by atoms with E-state index in [9.17, 15) is 4.79 Å². The summed E-state index contributed by atoms with van der Waals surface area (Å²) in [7, 11) is 0. The van der Waals surface area contributed by atoms with Gasteiger partial charge < -0.3 is 15.6 Å². The van der Waals surface area contributed by atoms with Crippen LogP contribution in [0.15, 0.2) is 18.7 Å². The second kappa shape index (κ2) is 7.23. The molecule has 0 aliphatic carbocycles. The summed E-state index contributed by atoms with van der Waals surface area (Å²) >= 11 is 4.97. The molecule has 1 unspecified atom stereocenters. The Bertz CT molecular complexity index is 418. The number of thiocarbonyl (C=S) groups is 1. The summed E-state index contributed by atoms with van der Waals surface area (Å²) in [6.07, 6.45) is 8.01. The van der Waals surface area contributed by atoms with E-state index in [1.54, 1.807) is 19.4 Å². The van der Waals surface area contributed by atoms with Gasteiger partial charge in [0, 0.05) is 25.5 Å². The normalized spacial score (nSPS) is 13.8. The van der Waals surface area contributed by atoms with Crippen molar-refractivity contribution in [2.75, 3.05) is 6.54 Å². The van der Waals surface area contributed by atoms with Crippen LogP contribution >= 0.6 is 12.2 Å². The van der Waals surface area contributed by atoms with Crippen LogP contribution in [-0.4, -0.2) is 27.0 Å². The Morgan fingerprint density at radius 2 is 2.26 bits per heavy atom. The summed E-state index contributed by atoms with van der Waals surface area (Å²) in [6.45, 7) is 5.26. The number of carbonyl (C=O) groups excluding carboxylic acids is 1. The molecular weight excluding hydrogens is 260 g/mol. The number of imidazole rings is 1. The molecule has 1 aromatic heterocycles. The fourth-order valence-corrected chi connectivity index (χ4v) is 1.92. The van der Waals surface area contributed by atoms with E-state index < -0.39 is 5.41 Å². The first-order valence-electron chi connectivity index (χ1n) is 6.54. The molecule has 19 heavy (non-hydrogen) atoms. The number of aromatic nitrogens is 2. The van der Waals surface area contributed by atoms with Crippen LogP contribution < -0.4 is 11.1 Å². The molecule has 1 aromatic rings. The molecule has 106 valence electrons. The van der Waals surface area contributed by atoms with E-state index in [1.165, 1.54) is 0 Å². The molecular formula is C13H22N4OS. The third-order valence-electron chi connectivity index (χ3n) is 3.44. The standard InChI is InChI=1S/C13H22N4OS/c1-3-13(2,11(14)19)12(18)16-6-4-5-8-17-9-7-15-10-17/h7,9-10H,3-6,8H2,1-2H3,(H2,14,19)(H,16,18). The first kappa shape index (κ1) is 15.6. The van der Waals surface area contributed by atoms with Gasteiger partial charge in [-0.1, -0.05) is 19.1 Å². The fraction of sp³-hybridized carbons (Fsp3) is 0.615. The first-order chi connectivity index (χ1) is 9.00. The lowest BCUT2D eigenvalue weighted by atomic mass is 9.86. The predicted octanol–water partition coefficient (Wildman–Crippen LogP) is 1.48. The summed E-state index contributed by atoms with van der Waals surface area (Å²) in [6, 6.07) is 0. The maximum absolute atomic E-state index is 12.0. The molecule has 1 rings (SSSR count). The maximum Gasteiger partial charge on any atom is 0.232 e. The van der Waals surface area contributed by atoms with Gasteiger partial charge in [0.25, 0.3) is 0 Å². The third-order valence-corrected chi connectivity index (χ3v) is 3.89. The second-order valence-electron chi connectivity index (χ2n) is 4.81. The van der Waals surface area contributed by atoms with Crippen molar-refractivity contribution in [3.05, 3.63) is 18.7 Å². The van der Waals surface area contributed by atoms with Gasteiger partial charge in [-0.15, -0.1) is 0 Å². The Morgan fingerprint density at radius 3 is 2.79 bits per heavy atom. The van der Waals surface area contributed by atoms with E-state index in [1.807, 2.05) is 17.7 Å². The van der Waals surface area contributed by atoms with Crippen LogP contribution in [0.2, 0.25) is 0 Å². The molecule has 6 heteroatoms. The Hall–Kier alpha value is -1.43. The average molecular weight is 282 g/mol. The van der Waals surface area contributed by atoms with Crippen LogP contribution in [-0.2, 0) is 11.3 Å². The number of nitrogens with one attached hydrogen (secondary N) is 1. The Morgan fingerprint density at radius 1 is 1.53 bits per heavy atom. The molecule has 3 N–H and O–H groups in total. The summed E-state index contributed by atoms with van der Waals surface area (Å²) in [5, 5.41) is 2.90. The summed E-state index contributed by atoms with van der Waals surface area (Å²) < 4.78 is 2.02. The van der Waals surface area contributed by atoms with E-state index in [2.05, 4.69) is 10.3 Å². The smallest absolute Gasteiger partial charge is 0.232 e. The highest BCUT2D eigenvalue weighted by atomic mass is 32.1. The van der Waals surface area contributed by atoms with Gasteiger partial charge in [-0.05, 0) is 26.2 Å². The van der Waals surface area contributed by atoms with Crippen molar-refractivity contribution in [3.8, 4) is 0 Å². The molecule has 0 spiro atoms. The maximum atomic E-state index is 12.0. The van der Waals surface area contributed by atoms with Gasteiger partial charge in [-0.2, -0.15) is 0 Å². The van der Waals surface area contributed by atoms with Crippen molar-refractivity contribution in [2.24, 2.45) is 11.1 Å². The highest BCUT2D eigenvalue weighted by molar-refractivity contribution is 7.80. The topological polar surface area (TPSA) is 72.9 Å². The molecule has 0 aromatic carbocycles. The minimum atomic E-state index is -0.736. The number of nitrogens with zero attached hydrogens (tertiary/aromatic N) is 2. The number of aryl methyl sites for hydroxylation is 1. The van der Waals surface area contributed by atoms with Crippen LogP contribution in [0.25, 0.3) is 0 Å². The molecule has 0 saturated heterocycles. The molecule has 0 bridgehead atoms. The molecule has 5 nitrogen and oxygen atoms in total. The number of nitrogens with two attached hydrogens (primary N) is 1. The lowest BCUT2D eigenvalue weighted by Crippen LogP contribution is -2.46. The third kappa shape index (κ3) is 4.31. The zero-order valence-corrected chi connectivity index (χ0v) is 12.4. The van der Waals surface area contributed by atoms with Crippen molar-refractivity contribution in [2.45, 2.75) is 39.7 Å². The van der Waals surface area contributed by atoms with Crippen molar-refractivity contribution >= 4 is 23.1 Å². The molecule has 0 radical (unpaired) electrons. The largest absolute Gasteiger partial charge is 0.392 e. The molecule has 0 fully saturated rings. The summed E-state index contributed by atoms with van der Waals surface area (Å²) in [4.78, 5) is 16.3. The lowest BCUT2D eigenvalue weighted by Gasteiger charge is -2.25. The zero-order valence-electron chi connectivity index (χ0n) is 11.6. The van der Waals surface area contributed by atoms with Gasteiger partial charge in [0.05, 0.1) is 16.7 Å². The van der Waals surface area contributed by atoms with Crippen molar-refractivity contribution in [3.63, 3.8) is 0 Å². The Labute approximate surface area is 119 Å². The van der Waals surface area contributed by atoms with Crippen molar-refractivity contribution < 1.29 is 4.79 Å². The molecule has 0 aliphatic heterocycles. The highest BCUT2D eigenvalue weighted by Crippen LogP contribution is 2.21. The van der Waals surface area contributed by atoms with E-state index >= 15 is 0 Å². The van der Waals surface area contributed by atoms with Crippen LogP contribution in [0.5, 0.6) is 0 Å². The minimum absolute atomic E-state index is 0.0786. The van der Waals surface area contributed by atoms with Gasteiger partial charge in [0.1, 0.15) is 0 Å². The quantitative estimate of drug-likeness (QED) is 0.559. The zero-order chi connectivity index (χ0) is 14.3. The van der Waals surface area contributed by atoms with E-state index in [0.717, 1.165) is 19.4 Å². The number of unbranched alkanes of at least 4 members (excludes halogenated alkanes) is 1. The Kier molecular flexibility index (Phi) is 5.95. The van der Waals surface area contributed by atoms with E-state index in [0.29, 0.717) is 13.0 Å². The molecule has 1 amide bonds.